The zero-order valence-corrected chi connectivity index (χ0v) is 9.85. The predicted molar refractivity (Wildman–Crippen MR) is 65.8 cm³/mol. The number of carbonyl (C=O) groups is 1. The molecule has 88 valence electrons. The van der Waals surface area contributed by atoms with Crippen molar-refractivity contribution in [1.82, 2.24) is 4.98 Å². The highest BCUT2D eigenvalue weighted by molar-refractivity contribution is 7.09. The number of rotatable bonds is 4. The monoisotopic (exact) mass is 248 g/mol. The fourth-order valence-corrected chi connectivity index (χ4v) is 2.33. The summed E-state index contributed by atoms with van der Waals surface area (Å²) in [6, 6.07) is 8.84. The molecule has 0 fully saturated rings. The fourth-order valence-electron chi connectivity index (χ4n) is 1.62. The van der Waals surface area contributed by atoms with Crippen molar-refractivity contribution in [2.24, 2.45) is 5.73 Å². The van der Waals surface area contributed by atoms with Crippen molar-refractivity contribution in [3.63, 3.8) is 0 Å². The number of aromatic nitrogens is 1. The lowest BCUT2D eigenvalue weighted by Crippen LogP contribution is -2.46. The minimum atomic E-state index is -1.42. The van der Waals surface area contributed by atoms with Crippen LogP contribution in [0.1, 0.15) is 10.6 Å². The summed E-state index contributed by atoms with van der Waals surface area (Å²) in [6.07, 6.45) is 1.84. The molecule has 1 atom stereocenters. The Labute approximate surface area is 103 Å². The highest BCUT2D eigenvalue weighted by Crippen LogP contribution is 2.24. The molecular weight excluding hydrogens is 236 g/mol. The highest BCUT2D eigenvalue weighted by Gasteiger charge is 2.36. The minimum absolute atomic E-state index is 0.198. The van der Waals surface area contributed by atoms with Gasteiger partial charge in [0.05, 0.1) is 5.01 Å². The third-order valence-corrected chi connectivity index (χ3v) is 3.36. The van der Waals surface area contributed by atoms with E-state index in [1.54, 1.807) is 30.5 Å². The molecule has 0 aliphatic heterocycles. The first-order chi connectivity index (χ1) is 8.13. The van der Waals surface area contributed by atoms with Crippen LogP contribution in [0, 0.1) is 0 Å². The molecule has 1 aromatic carbocycles. The Hall–Kier alpha value is -1.72. The van der Waals surface area contributed by atoms with E-state index >= 15 is 0 Å². The van der Waals surface area contributed by atoms with Crippen LogP contribution in [-0.2, 0) is 16.8 Å². The topological polar surface area (TPSA) is 76.2 Å². The summed E-state index contributed by atoms with van der Waals surface area (Å²) in [5.74, 6) is -1.04. The lowest BCUT2D eigenvalue weighted by atomic mass is 9.88. The van der Waals surface area contributed by atoms with Gasteiger partial charge in [0, 0.05) is 18.0 Å². The molecule has 17 heavy (non-hydrogen) atoms. The van der Waals surface area contributed by atoms with Crippen molar-refractivity contribution >= 4 is 17.3 Å². The van der Waals surface area contributed by atoms with Crippen LogP contribution in [0.3, 0.4) is 0 Å². The molecule has 0 aliphatic rings. The SMILES string of the molecule is NC(Cc1nccs1)(C(=O)O)c1ccccc1. The second-order valence-electron chi connectivity index (χ2n) is 3.75. The zero-order valence-electron chi connectivity index (χ0n) is 9.04. The van der Waals surface area contributed by atoms with Crippen LogP contribution in [-0.4, -0.2) is 16.1 Å². The van der Waals surface area contributed by atoms with Gasteiger partial charge in [-0.25, -0.2) is 9.78 Å². The normalized spacial score (nSPS) is 14.2. The van der Waals surface area contributed by atoms with Gasteiger partial charge in [0.25, 0.3) is 0 Å². The molecule has 4 nitrogen and oxygen atoms in total. The van der Waals surface area contributed by atoms with Gasteiger partial charge in [0.2, 0.25) is 0 Å². The standard InChI is InChI=1S/C12H12N2O2S/c13-12(11(15)16,8-10-14-6-7-17-10)9-4-2-1-3-5-9/h1-7H,8,13H2,(H,15,16). The Bertz CT molecular complexity index is 498. The van der Waals surface area contributed by atoms with Gasteiger partial charge < -0.3 is 10.8 Å². The van der Waals surface area contributed by atoms with E-state index in [9.17, 15) is 9.90 Å². The van der Waals surface area contributed by atoms with Crippen LogP contribution in [0.5, 0.6) is 0 Å². The predicted octanol–water partition coefficient (Wildman–Crippen LogP) is 1.62. The first-order valence-corrected chi connectivity index (χ1v) is 5.97. The molecule has 0 amide bonds. The fraction of sp³-hybridized carbons (Fsp3) is 0.167. The van der Waals surface area contributed by atoms with Gasteiger partial charge >= 0.3 is 5.97 Å². The quantitative estimate of drug-likeness (QED) is 0.862. The van der Waals surface area contributed by atoms with Gasteiger partial charge in [0.1, 0.15) is 5.54 Å². The van der Waals surface area contributed by atoms with Crippen LogP contribution < -0.4 is 5.73 Å². The molecule has 0 aliphatic carbocycles. The Balaban J connectivity index is 2.37. The smallest absolute Gasteiger partial charge is 0.328 e. The number of nitrogens with two attached hydrogens (primary N) is 1. The van der Waals surface area contributed by atoms with Crippen molar-refractivity contribution < 1.29 is 9.90 Å². The van der Waals surface area contributed by atoms with E-state index in [4.69, 9.17) is 5.73 Å². The van der Waals surface area contributed by atoms with E-state index in [0.717, 1.165) is 5.01 Å². The third-order valence-electron chi connectivity index (χ3n) is 2.58. The molecule has 0 saturated carbocycles. The number of hydrogen-bond donors (Lipinski definition) is 2. The maximum Gasteiger partial charge on any atom is 0.328 e. The Morgan fingerprint density at radius 1 is 1.41 bits per heavy atom. The number of carboxylic acid groups (broad SMARTS) is 1. The van der Waals surface area contributed by atoms with Crippen molar-refractivity contribution in [3.05, 3.63) is 52.5 Å². The lowest BCUT2D eigenvalue weighted by molar-refractivity contribution is -0.143. The molecule has 0 spiro atoms. The first-order valence-electron chi connectivity index (χ1n) is 5.09. The second kappa shape index (κ2) is 4.65. The summed E-state index contributed by atoms with van der Waals surface area (Å²) in [6.45, 7) is 0. The van der Waals surface area contributed by atoms with E-state index in [1.807, 2.05) is 11.4 Å². The van der Waals surface area contributed by atoms with Crippen molar-refractivity contribution in [2.75, 3.05) is 0 Å². The second-order valence-corrected chi connectivity index (χ2v) is 4.72. The largest absolute Gasteiger partial charge is 0.480 e. The van der Waals surface area contributed by atoms with Gasteiger partial charge in [-0.3, -0.25) is 0 Å². The maximum atomic E-state index is 11.4. The number of hydrogen-bond acceptors (Lipinski definition) is 4. The number of nitrogens with zero attached hydrogens (tertiary/aromatic N) is 1. The van der Waals surface area contributed by atoms with E-state index in [0.29, 0.717) is 5.56 Å². The molecule has 3 N–H and O–H groups in total. The van der Waals surface area contributed by atoms with Gasteiger partial charge in [-0.2, -0.15) is 0 Å². The molecule has 0 bridgehead atoms. The summed E-state index contributed by atoms with van der Waals surface area (Å²) >= 11 is 1.41. The average Bonchev–Trinajstić information content (AvgIpc) is 2.82. The summed E-state index contributed by atoms with van der Waals surface area (Å²) in [4.78, 5) is 15.5. The molecule has 2 aromatic rings. The first kappa shape index (κ1) is 11.8. The lowest BCUT2D eigenvalue weighted by Gasteiger charge is -2.24. The van der Waals surface area contributed by atoms with Gasteiger partial charge in [0.15, 0.2) is 0 Å². The summed E-state index contributed by atoms with van der Waals surface area (Å²) in [5, 5.41) is 11.9. The Morgan fingerprint density at radius 2 is 2.12 bits per heavy atom. The third kappa shape index (κ3) is 2.35. The van der Waals surface area contributed by atoms with E-state index in [1.165, 1.54) is 11.3 Å². The molecule has 1 heterocycles. The van der Waals surface area contributed by atoms with Gasteiger partial charge in [-0.15, -0.1) is 11.3 Å². The summed E-state index contributed by atoms with van der Waals surface area (Å²) in [5.41, 5.74) is 5.19. The van der Waals surface area contributed by atoms with Gasteiger partial charge in [-0.05, 0) is 5.56 Å². The molecule has 1 aromatic heterocycles. The Morgan fingerprint density at radius 3 is 2.65 bits per heavy atom. The number of thiazole rings is 1. The number of aliphatic carboxylic acids is 1. The molecule has 2 rings (SSSR count). The molecule has 1 unspecified atom stereocenters. The highest BCUT2D eigenvalue weighted by atomic mass is 32.1. The van der Waals surface area contributed by atoms with Crippen LogP contribution in [0.2, 0.25) is 0 Å². The summed E-state index contributed by atoms with van der Waals surface area (Å²) in [7, 11) is 0. The van der Waals surface area contributed by atoms with Crippen molar-refractivity contribution in [1.29, 1.82) is 0 Å². The zero-order chi connectivity index (χ0) is 12.3. The van der Waals surface area contributed by atoms with Crippen LogP contribution in [0.25, 0.3) is 0 Å². The minimum Gasteiger partial charge on any atom is -0.480 e. The van der Waals surface area contributed by atoms with Crippen LogP contribution >= 0.6 is 11.3 Å². The number of carboxylic acids is 1. The summed E-state index contributed by atoms with van der Waals surface area (Å²) < 4.78 is 0. The maximum absolute atomic E-state index is 11.4. The molecule has 0 saturated heterocycles. The van der Waals surface area contributed by atoms with Crippen LogP contribution in [0.15, 0.2) is 41.9 Å². The van der Waals surface area contributed by atoms with E-state index < -0.39 is 11.5 Å². The average molecular weight is 248 g/mol. The van der Waals surface area contributed by atoms with E-state index in [-0.39, 0.29) is 6.42 Å². The van der Waals surface area contributed by atoms with Crippen molar-refractivity contribution in [2.45, 2.75) is 12.0 Å². The van der Waals surface area contributed by atoms with Gasteiger partial charge in [-0.1, -0.05) is 30.3 Å². The molecular formula is C12H12N2O2S. The number of benzene rings is 1. The van der Waals surface area contributed by atoms with E-state index in [2.05, 4.69) is 4.98 Å². The van der Waals surface area contributed by atoms with Crippen LogP contribution in [0.4, 0.5) is 0 Å². The molecule has 5 heteroatoms. The van der Waals surface area contributed by atoms with Crippen molar-refractivity contribution in [3.8, 4) is 0 Å². The Kier molecular flexibility index (Phi) is 3.21. The molecule has 0 radical (unpaired) electrons.